The minimum absolute atomic E-state index is 0.219. The SMILES string of the molecule is OCC1(CNCc2ccc3c(c2)CCC3)CC1. The van der Waals surface area contributed by atoms with Gasteiger partial charge in [-0.15, -0.1) is 0 Å². The van der Waals surface area contributed by atoms with Crippen LogP contribution in [0, 0.1) is 5.41 Å². The Bertz CT molecular complexity index is 409. The molecule has 2 aliphatic rings. The van der Waals surface area contributed by atoms with Crippen molar-refractivity contribution in [3.05, 3.63) is 34.9 Å². The average Bonchev–Trinajstić information content (AvgIpc) is 2.98. The van der Waals surface area contributed by atoms with Crippen LogP contribution in [-0.2, 0) is 19.4 Å². The Balaban J connectivity index is 1.55. The van der Waals surface area contributed by atoms with Crippen LogP contribution >= 0.6 is 0 Å². The van der Waals surface area contributed by atoms with Gasteiger partial charge in [-0.2, -0.15) is 0 Å². The zero-order valence-corrected chi connectivity index (χ0v) is 10.3. The Labute approximate surface area is 103 Å². The van der Waals surface area contributed by atoms with Crippen molar-refractivity contribution in [2.75, 3.05) is 13.2 Å². The van der Waals surface area contributed by atoms with Crippen LogP contribution in [0.25, 0.3) is 0 Å². The number of aliphatic hydroxyl groups excluding tert-OH is 1. The van der Waals surface area contributed by atoms with Gasteiger partial charge in [0.2, 0.25) is 0 Å². The largest absolute Gasteiger partial charge is 0.396 e. The van der Waals surface area contributed by atoms with Crippen molar-refractivity contribution in [3.8, 4) is 0 Å². The molecule has 2 aliphatic carbocycles. The van der Waals surface area contributed by atoms with E-state index >= 15 is 0 Å². The molecule has 3 rings (SSSR count). The third kappa shape index (κ3) is 2.38. The van der Waals surface area contributed by atoms with E-state index in [1.54, 1.807) is 11.1 Å². The van der Waals surface area contributed by atoms with Crippen molar-refractivity contribution in [1.29, 1.82) is 0 Å². The van der Waals surface area contributed by atoms with Gasteiger partial charge in [0, 0.05) is 25.1 Å². The van der Waals surface area contributed by atoms with Crippen molar-refractivity contribution in [2.45, 2.75) is 38.6 Å². The van der Waals surface area contributed by atoms with E-state index in [4.69, 9.17) is 0 Å². The molecule has 0 aliphatic heterocycles. The lowest BCUT2D eigenvalue weighted by Crippen LogP contribution is -2.26. The number of hydrogen-bond acceptors (Lipinski definition) is 2. The summed E-state index contributed by atoms with van der Waals surface area (Å²) >= 11 is 0. The highest BCUT2D eigenvalue weighted by atomic mass is 16.3. The Hall–Kier alpha value is -0.860. The Morgan fingerprint density at radius 3 is 2.76 bits per heavy atom. The van der Waals surface area contributed by atoms with Crippen LogP contribution in [-0.4, -0.2) is 18.3 Å². The van der Waals surface area contributed by atoms with Gasteiger partial charge in [0.1, 0.15) is 0 Å². The standard InChI is InChI=1S/C15H21NO/c17-11-15(6-7-15)10-16-9-12-4-5-13-2-1-3-14(13)8-12/h4-5,8,16-17H,1-3,6-7,9-11H2. The summed E-state index contributed by atoms with van der Waals surface area (Å²) in [5.41, 5.74) is 4.70. The van der Waals surface area contributed by atoms with Gasteiger partial charge in [-0.3, -0.25) is 0 Å². The van der Waals surface area contributed by atoms with E-state index in [0.29, 0.717) is 6.61 Å². The van der Waals surface area contributed by atoms with Crippen LogP contribution < -0.4 is 5.32 Å². The van der Waals surface area contributed by atoms with Crippen molar-refractivity contribution in [2.24, 2.45) is 5.41 Å². The minimum Gasteiger partial charge on any atom is -0.396 e. The normalized spacial score (nSPS) is 20.3. The third-order valence-electron chi connectivity index (χ3n) is 4.28. The van der Waals surface area contributed by atoms with Crippen LogP contribution in [0.1, 0.15) is 36.0 Å². The highest BCUT2D eigenvalue weighted by molar-refractivity contribution is 5.35. The average molecular weight is 231 g/mol. The van der Waals surface area contributed by atoms with Gasteiger partial charge in [-0.25, -0.2) is 0 Å². The van der Waals surface area contributed by atoms with Gasteiger partial charge in [-0.1, -0.05) is 18.2 Å². The summed E-state index contributed by atoms with van der Waals surface area (Å²) in [5, 5.41) is 12.7. The molecule has 0 atom stereocenters. The van der Waals surface area contributed by atoms with E-state index in [1.807, 2.05) is 0 Å². The molecule has 0 amide bonds. The zero-order valence-electron chi connectivity index (χ0n) is 10.3. The molecule has 2 heteroatoms. The number of benzene rings is 1. The summed E-state index contributed by atoms with van der Waals surface area (Å²) in [6, 6.07) is 6.89. The second-order valence-electron chi connectivity index (χ2n) is 5.72. The van der Waals surface area contributed by atoms with Crippen LogP contribution in [0.5, 0.6) is 0 Å². The van der Waals surface area contributed by atoms with Gasteiger partial charge in [0.25, 0.3) is 0 Å². The molecule has 1 aromatic carbocycles. The van der Waals surface area contributed by atoms with Crippen LogP contribution in [0.2, 0.25) is 0 Å². The number of fused-ring (bicyclic) bond motifs is 1. The van der Waals surface area contributed by atoms with Crippen LogP contribution in [0.3, 0.4) is 0 Å². The molecule has 2 N–H and O–H groups in total. The molecule has 0 heterocycles. The number of aliphatic hydroxyl groups is 1. The summed E-state index contributed by atoms with van der Waals surface area (Å²) in [7, 11) is 0. The van der Waals surface area contributed by atoms with Gasteiger partial charge < -0.3 is 10.4 Å². The lowest BCUT2D eigenvalue weighted by molar-refractivity contribution is 0.207. The van der Waals surface area contributed by atoms with E-state index in [1.165, 1.54) is 37.7 Å². The lowest BCUT2D eigenvalue weighted by atomic mass is 10.1. The first kappa shape index (κ1) is 11.2. The Kier molecular flexibility index (Phi) is 2.93. The summed E-state index contributed by atoms with van der Waals surface area (Å²) < 4.78 is 0. The highest BCUT2D eigenvalue weighted by Gasteiger charge is 2.41. The predicted octanol–water partition coefficient (Wildman–Crippen LogP) is 2.04. The predicted molar refractivity (Wildman–Crippen MR) is 68.9 cm³/mol. The molecule has 1 fully saturated rings. The number of nitrogens with one attached hydrogen (secondary N) is 1. The first-order valence-corrected chi connectivity index (χ1v) is 6.74. The fourth-order valence-electron chi connectivity index (χ4n) is 2.77. The molecule has 0 unspecified atom stereocenters. The maximum Gasteiger partial charge on any atom is 0.0499 e. The smallest absolute Gasteiger partial charge is 0.0499 e. The highest BCUT2D eigenvalue weighted by Crippen LogP contribution is 2.44. The molecular weight excluding hydrogens is 210 g/mol. The monoisotopic (exact) mass is 231 g/mol. The van der Waals surface area contributed by atoms with Gasteiger partial charge >= 0.3 is 0 Å². The van der Waals surface area contributed by atoms with E-state index in [-0.39, 0.29) is 5.41 Å². The molecule has 0 saturated heterocycles. The fourth-order valence-corrected chi connectivity index (χ4v) is 2.77. The van der Waals surface area contributed by atoms with E-state index in [2.05, 4.69) is 23.5 Å². The molecule has 2 nitrogen and oxygen atoms in total. The molecule has 0 aromatic heterocycles. The molecule has 0 bridgehead atoms. The van der Waals surface area contributed by atoms with Crippen molar-refractivity contribution in [1.82, 2.24) is 5.32 Å². The van der Waals surface area contributed by atoms with Crippen LogP contribution in [0.4, 0.5) is 0 Å². The zero-order chi connectivity index (χ0) is 11.7. The molecule has 17 heavy (non-hydrogen) atoms. The molecule has 1 aromatic rings. The molecule has 92 valence electrons. The molecule has 0 spiro atoms. The van der Waals surface area contributed by atoms with Crippen molar-refractivity contribution < 1.29 is 5.11 Å². The van der Waals surface area contributed by atoms with Gasteiger partial charge in [0.05, 0.1) is 0 Å². The second-order valence-corrected chi connectivity index (χ2v) is 5.72. The third-order valence-corrected chi connectivity index (χ3v) is 4.28. The number of aryl methyl sites for hydroxylation is 2. The molecular formula is C15H21NO. The lowest BCUT2D eigenvalue weighted by Gasteiger charge is -2.13. The molecule has 0 radical (unpaired) electrons. The first-order chi connectivity index (χ1) is 8.31. The molecule has 1 saturated carbocycles. The van der Waals surface area contributed by atoms with E-state index in [0.717, 1.165) is 13.1 Å². The van der Waals surface area contributed by atoms with E-state index in [9.17, 15) is 5.11 Å². The first-order valence-electron chi connectivity index (χ1n) is 6.74. The van der Waals surface area contributed by atoms with Crippen molar-refractivity contribution in [3.63, 3.8) is 0 Å². The Morgan fingerprint density at radius 2 is 2.00 bits per heavy atom. The summed E-state index contributed by atoms with van der Waals surface area (Å²) in [5.74, 6) is 0. The summed E-state index contributed by atoms with van der Waals surface area (Å²) in [6.45, 7) is 2.24. The maximum absolute atomic E-state index is 9.24. The van der Waals surface area contributed by atoms with Gasteiger partial charge in [-0.05, 0) is 48.8 Å². The quantitative estimate of drug-likeness (QED) is 0.813. The second kappa shape index (κ2) is 4.43. The summed E-state index contributed by atoms with van der Waals surface area (Å²) in [4.78, 5) is 0. The number of rotatable bonds is 5. The number of hydrogen-bond donors (Lipinski definition) is 2. The van der Waals surface area contributed by atoms with Crippen molar-refractivity contribution >= 4 is 0 Å². The topological polar surface area (TPSA) is 32.3 Å². The van der Waals surface area contributed by atoms with E-state index < -0.39 is 0 Å². The Morgan fingerprint density at radius 1 is 1.18 bits per heavy atom. The minimum atomic E-state index is 0.219. The maximum atomic E-state index is 9.24. The summed E-state index contributed by atoms with van der Waals surface area (Å²) in [6.07, 6.45) is 6.20. The van der Waals surface area contributed by atoms with Crippen LogP contribution in [0.15, 0.2) is 18.2 Å². The van der Waals surface area contributed by atoms with Gasteiger partial charge in [0.15, 0.2) is 0 Å². The fraction of sp³-hybridized carbons (Fsp3) is 0.600.